The van der Waals surface area contributed by atoms with E-state index in [9.17, 15) is 9.59 Å². The summed E-state index contributed by atoms with van der Waals surface area (Å²) in [6.07, 6.45) is 1.73. The lowest BCUT2D eigenvalue weighted by Crippen LogP contribution is -2.41. The molecule has 2 aromatic carbocycles. The van der Waals surface area contributed by atoms with Crippen molar-refractivity contribution in [3.63, 3.8) is 0 Å². The third kappa shape index (κ3) is 2.83. The molecule has 0 radical (unpaired) electrons. The van der Waals surface area contributed by atoms with Gasteiger partial charge in [-0.15, -0.1) is 0 Å². The van der Waals surface area contributed by atoms with Crippen LogP contribution in [0.15, 0.2) is 48.7 Å². The van der Waals surface area contributed by atoms with Crippen molar-refractivity contribution in [1.29, 1.82) is 0 Å². The second-order valence-electron chi connectivity index (χ2n) is 5.94. The van der Waals surface area contributed by atoms with E-state index in [1.807, 2.05) is 35.9 Å². The number of benzene rings is 2. The minimum atomic E-state index is -0.435. The van der Waals surface area contributed by atoms with Crippen LogP contribution in [0.5, 0.6) is 11.5 Å². The number of aryl methyl sites for hydroxylation is 1. The summed E-state index contributed by atoms with van der Waals surface area (Å²) in [6, 6.07) is 12.5. The van der Waals surface area contributed by atoms with Gasteiger partial charge in [0.05, 0.1) is 5.56 Å². The average Bonchev–Trinajstić information content (AvgIpc) is 3.02. The molecule has 1 aliphatic rings. The SMILES string of the molecule is Cn1cc(C(=O)NNC(=O)c2ccc3c(c2)OCCO3)c2ccccc21. The maximum absolute atomic E-state index is 12.5. The number of amides is 2. The van der Waals surface area contributed by atoms with E-state index in [0.29, 0.717) is 35.8 Å². The van der Waals surface area contributed by atoms with Crippen molar-refractivity contribution in [1.82, 2.24) is 15.4 Å². The van der Waals surface area contributed by atoms with E-state index in [2.05, 4.69) is 10.9 Å². The Morgan fingerprint density at radius 3 is 2.54 bits per heavy atom. The van der Waals surface area contributed by atoms with Crippen LogP contribution < -0.4 is 20.3 Å². The van der Waals surface area contributed by atoms with Gasteiger partial charge < -0.3 is 14.0 Å². The molecular weight excluding hydrogens is 334 g/mol. The zero-order valence-electron chi connectivity index (χ0n) is 14.1. The van der Waals surface area contributed by atoms with E-state index in [4.69, 9.17) is 9.47 Å². The fourth-order valence-electron chi connectivity index (χ4n) is 2.96. The molecule has 1 aromatic heterocycles. The monoisotopic (exact) mass is 351 g/mol. The smallest absolute Gasteiger partial charge is 0.271 e. The lowest BCUT2D eigenvalue weighted by molar-refractivity contribution is 0.0847. The van der Waals surface area contributed by atoms with Gasteiger partial charge in [0.15, 0.2) is 11.5 Å². The lowest BCUT2D eigenvalue weighted by Gasteiger charge is -2.18. The Bertz CT molecular complexity index is 1010. The Morgan fingerprint density at radius 1 is 0.962 bits per heavy atom. The van der Waals surface area contributed by atoms with Gasteiger partial charge in [-0.05, 0) is 24.3 Å². The van der Waals surface area contributed by atoms with Gasteiger partial charge in [-0.1, -0.05) is 18.2 Å². The molecule has 0 spiro atoms. The summed E-state index contributed by atoms with van der Waals surface area (Å²) in [5, 5.41) is 0.820. The number of nitrogens with one attached hydrogen (secondary N) is 2. The third-order valence-corrected chi connectivity index (χ3v) is 4.24. The number of carbonyl (C=O) groups is 2. The van der Waals surface area contributed by atoms with E-state index in [0.717, 1.165) is 10.9 Å². The average molecular weight is 351 g/mol. The number of nitrogens with zero attached hydrogens (tertiary/aromatic N) is 1. The maximum Gasteiger partial charge on any atom is 0.271 e. The number of carbonyl (C=O) groups excluding carboxylic acids is 2. The van der Waals surface area contributed by atoms with E-state index in [1.54, 1.807) is 24.4 Å². The zero-order chi connectivity index (χ0) is 18.1. The summed E-state index contributed by atoms with van der Waals surface area (Å²) < 4.78 is 12.8. The topological polar surface area (TPSA) is 81.6 Å². The number of para-hydroxylation sites is 1. The first-order valence-electron chi connectivity index (χ1n) is 8.18. The summed E-state index contributed by atoms with van der Waals surface area (Å²) >= 11 is 0. The fourth-order valence-corrected chi connectivity index (χ4v) is 2.96. The second kappa shape index (κ2) is 6.44. The first kappa shape index (κ1) is 16.0. The zero-order valence-corrected chi connectivity index (χ0v) is 14.1. The number of aromatic nitrogens is 1. The van der Waals surface area contributed by atoms with Gasteiger partial charge in [0.1, 0.15) is 13.2 Å². The van der Waals surface area contributed by atoms with Crippen LogP contribution in [-0.4, -0.2) is 29.6 Å². The molecule has 0 atom stereocenters. The first-order chi connectivity index (χ1) is 12.6. The van der Waals surface area contributed by atoms with Gasteiger partial charge in [0, 0.05) is 29.7 Å². The Kier molecular flexibility index (Phi) is 3.96. The molecule has 0 saturated heterocycles. The highest BCUT2D eigenvalue weighted by molar-refractivity contribution is 6.08. The number of hydrazine groups is 1. The molecule has 0 aliphatic carbocycles. The summed E-state index contributed by atoms with van der Waals surface area (Å²) in [4.78, 5) is 24.8. The molecule has 0 bridgehead atoms. The molecule has 2 heterocycles. The highest BCUT2D eigenvalue weighted by Gasteiger charge is 2.17. The number of fused-ring (bicyclic) bond motifs is 2. The van der Waals surface area contributed by atoms with E-state index >= 15 is 0 Å². The minimum Gasteiger partial charge on any atom is -0.486 e. The number of hydrogen-bond donors (Lipinski definition) is 2. The normalized spacial score (nSPS) is 12.7. The van der Waals surface area contributed by atoms with Crippen molar-refractivity contribution >= 4 is 22.7 Å². The second-order valence-corrected chi connectivity index (χ2v) is 5.94. The summed E-state index contributed by atoms with van der Waals surface area (Å²) in [5.41, 5.74) is 6.69. The van der Waals surface area contributed by atoms with Crippen LogP contribution in [0, 0.1) is 0 Å². The van der Waals surface area contributed by atoms with Gasteiger partial charge >= 0.3 is 0 Å². The number of hydrogen-bond acceptors (Lipinski definition) is 4. The van der Waals surface area contributed by atoms with Crippen LogP contribution in [0.25, 0.3) is 10.9 Å². The Balaban J connectivity index is 1.48. The summed E-state index contributed by atoms with van der Waals surface area (Å²) in [5.74, 6) is 0.306. The van der Waals surface area contributed by atoms with E-state index in [-0.39, 0.29) is 5.91 Å². The molecule has 4 rings (SSSR count). The van der Waals surface area contributed by atoms with Crippen molar-refractivity contribution in [3.8, 4) is 11.5 Å². The summed E-state index contributed by atoms with van der Waals surface area (Å²) in [7, 11) is 1.87. The molecule has 0 saturated carbocycles. The van der Waals surface area contributed by atoms with Crippen LogP contribution in [0.1, 0.15) is 20.7 Å². The fraction of sp³-hybridized carbons (Fsp3) is 0.158. The molecule has 2 amide bonds. The molecule has 26 heavy (non-hydrogen) atoms. The largest absolute Gasteiger partial charge is 0.486 e. The van der Waals surface area contributed by atoms with E-state index < -0.39 is 5.91 Å². The van der Waals surface area contributed by atoms with Crippen molar-refractivity contribution in [2.24, 2.45) is 7.05 Å². The van der Waals surface area contributed by atoms with Crippen LogP contribution in [0.2, 0.25) is 0 Å². The maximum atomic E-state index is 12.5. The molecule has 0 fully saturated rings. The standard InChI is InChI=1S/C19H17N3O4/c1-22-11-14(13-4-2-3-5-15(13)22)19(24)21-20-18(23)12-6-7-16-17(10-12)26-9-8-25-16/h2-7,10-11H,8-9H2,1H3,(H,20,23)(H,21,24). The summed E-state index contributed by atoms with van der Waals surface area (Å²) in [6.45, 7) is 0.926. The molecule has 7 heteroatoms. The molecule has 2 N–H and O–H groups in total. The number of ether oxygens (including phenoxy) is 2. The lowest BCUT2D eigenvalue weighted by atomic mass is 10.1. The first-order valence-corrected chi connectivity index (χ1v) is 8.18. The van der Waals surface area contributed by atoms with Crippen LogP contribution in [0.4, 0.5) is 0 Å². The van der Waals surface area contributed by atoms with Crippen LogP contribution in [-0.2, 0) is 7.05 Å². The quantitative estimate of drug-likeness (QED) is 0.692. The molecule has 132 valence electrons. The Hall–Kier alpha value is -3.48. The third-order valence-electron chi connectivity index (χ3n) is 4.24. The molecular formula is C19H17N3O4. The van der Waals surface area contributed by atoms with Gasteiger partial charge in [0.2, 0.25) is 0 Å². The van der Waals surface area contributed by atoms with Crippen LogP contribution >= 0.6 is 0 Å². The van der Waals surface area contributed by atoms with Gasteiger partial charge in [-0.25, -0.2) is 0 Å². The van der Waals surface area contributed by atoms with Gasteiger partial charge in [-0.3, -0.25) is 20.4 Å². The predicted molar refractivity (Wildman–Crippen MR) is 95.3 cm³/mol. The van der Waals surface area contributed by atoms with Crippen molar-refractivity contribution in [2.75, 3.05) is 13.2 Å². The Morgan fingerprint density at radius 2 is 1.69 bits per heavy atom. The Labute approximate surface area is 149 Å². The molecule has 1 aliphatic heterocycles. The highest BCUT2D eigenvalue weighted by Crippen LogP contribution is 2.30. The predicted octanol–water partition coefficient (Wildman–Crippen LogP) is 2.02. The van der Waals surface area contributed by atoms with Gasteiger partial charge in [-0.2, -0.15) is 0 Å². The van der Waals surface area contributed by atoms with Crippen molar-refractivity contribution in [2.45, 2.75) is 0 Å². The minimum absolute atomic E-state index is 0.368. The van der Waals surface area contributed by atoms with Crippen molar-refractivity contribution < 1.29 is 19.1 Å². The molecule has 3 aromatic rings. The molecule has 7 nitrogen and oxygen atoms in total. The van der Waals surface area contributed by atoms with E-state index in [1.165, 1.54) is 0 Å². The number of rotatable bonds is 2. The molecule has 0 unspecified atom stereocenters. The van der Waals surface area contributed by atoms with Crippen LogP contribution in [0.3, 0.4) is 0 Å². The highest BCUT2D eigenvalue weighted by atomic mass is 16.6. The van der Waals surface area contributed by atoms with Crippen molar-refractivity contribution in [3.05, 3.63) is 59.8 Å². The van der Waals surface area contributed by atoms with Gasteiger partial charge in [0.25, 0.3) is 11.8 Å².